The molecule has 0 bridgehead atoms. The summed E-state index contributed by atoms with van der Waals surface area (Å²) in [6, 6.07) is 8.38. The number of benzene rings is 1. The molecule has 1 N–H and O–H groups in total. The standard InChI is InChI=1S/C18H22N4O/c1-21-10-9-20-17(21)16-12-19-8-11-22(16)18(23)15-7-6-13-4-2-3-5-14(13)15/h2-5,9-10,15-16,19H,6-8,11-12H2,1H3. The predicted octanol–water partition coefficient (Wildman–Crippen LogP) is 1.62. The van der Waals surface area contributed by atoms with Crippen molar-refractivity contribution in [1.82, 2.24) is 19.8 Å². The lowest BCUT2D eigenvalue weighted by Gasteiger charge is -2.37. The van der Waals surface area contributed by atoms with E-state index in [0.29, 0.717) is 0 Å². The number of aryl methyl sites for hydroxylation is 2. The highest BCUT2D eigenvalue weighted by atomic mass is 16.2. The van der Waals surface area contributed by atoms with Crippen molar-refractivity contribution in [3.63, 3.8) is 0 Å². The fourth-order valence-corrected chi connectivity index (χ4v) is 3.91. The fourth-order valence-electron chi connectivity index (χ4n) is 3.91. The van der Waals surface area contributed by atoms with Gasteiger partial charge in [-0.1, -0.05) is 24.3 Å². The van der Waals surface area contributed by atoms with Crippen LogP contribution in [0.15, 0.2) is 36.7 Å². The highest BCUT2D eigenvalue weighted by Gasteiger charge is 2.37. The number of carbonyl (C=O) groups is 1. The van der Waals surface area contributed by atoms with Gasteiger partial charge in [0.25, 0.3) is 0 Å². The van der Waals surface area contributed by atoms with Crippen LogP contribution in [0.25, 0.3) is 0 Å². The third-order valence-electron chi connectivity index (χ3n) is 5.11. The molecule has 1 aliphatic heterocycles. The Bertz CT molecular complexity index is 723. The number of aromatic nitrogens is 2. The molecule has 2 atom stereocenters. The van der Waals surface area contributed by atoms with Crippen LogP contribution in [0.4, 0.5) is 0 Å². The van der Waals surface area contributed by atoms with Crippen LogP contribution in [0.1, 0.15) is 35.3 Å². The van der Waals surface area contributed by atoms with Crippen LogP contribution in [-0.2, 0) is 18.3 Å². The normalized spacial score (nSPS) is 23.8. The Morgan fingerprint density at radius 1 is 1.35 bits per heavy atom. The first-order valence-corrected chi connectivity index (χ1v) is 8.32. The first-order valence-electron chi connectivity index (χ1n) is 8.32. The molecule has 1 aromatic heterocycles. The van der Waals surface area contributed by atoms with Gasteiger partial charge in [-0.05, 0) is 24.0 Å². The molecule has 2 heterocycles. The van der Waals surface area contributed by atoms with Crippen molar-refractivity contribution in [2.75, 3.05) is 19.6 Å². The lowest BCUT2D eigenvalue weighted by atomic mass is 9.98. The van der Waals surface area contributed by atoms with Gasteiger partial charge in [-0.3, -0.25) is 4.79 Å². The van der Waals surface area contributed by atoms with Gasteiger partial charge < -0.3 is 14.8 Å². The molecule has 23 heavy (non-hydrogen) atoms. The number of imidazole rings is 1. The van der Waals surface area contributed by atoms with Gasteiger partial charge in [-0.15, -0.1) is 0 Å². The van der Waals surface area contributed by atoms with Gasteiger partial charge in [-0.2, -0.15) is 0 Å². The first kappa shape index (κ1) is 14.5. The Hall–Kier alpha value is -2.14. The molecule has 0 radical (unpaired) electrons. The van der Waals surface area contributed by atoms with E-state index in [9.17, 15) is 4.79 Å². The molecular weight excluding hydrogens is 288 g/mol. The first-order chi connectivity index (χ1) is 11.3. The van der Waals surface area contributed by atoms with Crippen molar-refractivity contribution in [3.8, 4) is 0 Å². The van der Waals surface area contributed by atoms with Gasteiger partial charge >= 0.3 is 0 Å². The molecular formula is C18H22N4O. The molecule has 2 aromatic rings. The maximum Gasteiger partial charge on any atom is 0.230 e. The SMILES string of the molecule is Cn1ccnc1C1CNCCN1C(=O)C1CCc2ccccc21. The second-order valence-electron chi connectivity index (χ2n) is 6.44. The second-order valence-corrected chi connectivity index (χ2v) is 6.44. The quantitative estimate of drug-likeness (QED) is 0.917. The van der Waals surface area contributed by atoms with E-state index in [1.165, 1.54) is 11.1 Å². The summed E-state index contributed by atoms with van der Waals surface area (Å²) in [6.45, 7) is 2.36. The topological polar surface area (TPSA) is 50.2 Å². The molecule has 5 nitrogen and oxygen atoms in total. The van der Waals surface area contributed by atoms with Crippen LogP contribution in [0.2, 0.25) is 0 Å². The van der Waals surface area contributed by atoms with Crippen LogP contribution in [0.5, 0.6) is 0 Å². The van der Waals surface area contributed by atoms with Gasteiger partial charge in [0, 0.05) is 39.1 Å². The molecule has 1 saturated heterocycles. The molecule has 2 unspecified atom stereocenters. The zero-order chi connectivity index (χ0) is 15.8. The number of amides is 1. The van der Waals surface area contributed by atoms with Crippen LogP contribution >= 0.6 is 0 Å². The lowest BCUT2D eigenvalue weighted by Crippen LogP contribution is -2.50. The van der Waals surface area contributed by atoms with Crippen molar-refractivity contribution in [1.29, 1.82) is 0 Å². The van der Waals surface area contributed by atoms with Gasteiger partial charge in [0.05, 0.1) is 5.92 Å². The van der Waals surface area contributed by atoms with Gasteiger partial charge in [0.2, 0.25) is 5.91 Å². The Kier molecular flexibility index (Phi) is 3.65. The van der Waals surface area contributed by atoms with Gasteiger partial charge in [-0.25, -0.2) is 4.98 Å². The van der Waals surface area contributed by atoms with Crippen molar-refractivity contribution in [3.05, 3.63) is 53.6 Å². The summed E-state index contributed by atoms with van der Waals surface area (Å²) in [5, 5.41) is 3.40. The van der Waals surface area contributed by atoms with E-state index in [1.54, 1.807) is 6.20 Å². The number of rotatable bonds is 2. The third kappa shape index (κ3) is 2.45. The largest absolute Gasteiger partial charge is 0.336 e. The number of nitrogens with one attached hydrogen (secondary N) is 1. The maximum absolute atomic E-state index is 13.2. The molecule has 1 amide bonds. The van der Waals surface area contributed by atoms with E-state index in [0.717, 1.165) is 38.3 Å². The van der Waals surface area contributed by atoms with Crippen molar-refractivity contribution in [2.24, 2.45) is 7.05 Å². The Balaban J connectivity index is 1.63. The predicted molar refractivity (Wildman–Crippen MR) is 88.0 cm³/mol. The summed E-state index contributed by atoms with van der Waals surface area (Å²) in [6.07, 6.45) is 5.68. The summed E-state index contributed by atoms with van der Waals surface area (Å²) in [5.74, 6) is 1.22. The van der Waals surface area contributed by atoms with Crippen molar-refractivity contribution >= 4 is 5.91 Å². The van der Waals surface area contributed by atoms with Crippen LogP contribution in [-0.4, -0.2) is 40.0 Å². The number of hydrogen-bond donors (Lipinski definition) is 1. The van der Waals surface area contributed by atoms with Gasteiger partial charge in [0.15, 0.2) is 0 Å². The fraction of sp³-hybridized carbons (Fsp3) is 0.444. The minimum Gasteiger partial charge on any atom is -0.336 e. The summed E-state index contributed by atoms with van der Waals surface area (Å²) in [7, 11) is 1.99. The molecule has 2 aliphatic rings. The van der Waals surface area contributed by atoms with Crippen LogP contribution < -0.4 is 5.32 Å². The average Bonchev–Trinajstić information content (AvgIpc) is 3.20. The van der Waals surface area contributed by atoms with E-state index in [4.69, 9.17) is 0 Å². The van der Waals surface area contributed by atoms with Crippen molar-refractivity contribution in [2.45, 2.75) is 24.8 Å². The van der Waals surface area contributed by atoms with Crippen LogP contribution in [0, 0.1) is 0 Å². The van der Waals surface area contributed by atoms with E-state index < -0.39 is 0 Å². The Morgan fingerprint density at radius 3 is 3.04 bits per heavy atom. The summed E-state index contributed by atoms with van der Waals surface area (Å²) < 4.78 is 2.01. The monoisotopic (exact) mass is 310 g/mol. The molecule has 0 spiro atoms. The minimum absolute atomic E-state index is 0.00654. The molecule has 0 saturated carbocycles. The molecule has 1 aromatic carbocycles. The van der Waals surface area contributed by atoms with E-state index >= 15 is 0 Å². The Labute approximate surface area is 136 Å². The zero-order valence-corrected chi connectivity index (χ0v) is 13.4. The summed E-state index contributed by atoms with van der Waals surface area (Å²) >= 11 is 0. The third-order valence-corrected chi connectivity index (χ3v) is 5.11. The molecule has 120 valence electrons. The van der Waals surface area contributed by atoms with E-state index in [2.05, 4.69) is 28.5 Å². The highest BCUT2D eigenvalue weighted by Crippen LogP contribution is 2.36. The second kappa shape index (κ2) is 5.81. The minimum atomic E-state index is 0.00654. The van der Waals surface area contributed by atoms with Crippen molar-refractivity contribution < 1.29 is 4.79 Å². The lowest BCUT2D eigenvalue weighted by molar-refractivity contribution is -0.136. The number of nitrogens with zero attached hydrogens (tertiary/aromatic N) is 3. The number of fused-ring (bicyclic) bond motifs is 1. The highest BCUT2D eigenvalue weighted by molar-refractivity contribution is 5.85. The van der Waals surface area contributed by atoms with Crippen LogP contribution in [0.3, 0.4) is 0 Å². The van der Waals surface area contributed by atoms with E-state index in [1.807, 2.05) is 28.8 Å². The smallest absolute Gasteiger partial charge is 0.230 e. The molecule has 5 heteroatoms. The maximum atomic E-state index is 13.2. The number of carbonyl (C=O) groups excluding carboxylic acids is 1. The summed E-state index contributed by atoms with van der Waals surface area (Å²) in [5.41, 5.74) is 2.55. The summed E-state index contributed by atoms with van der Waals surface area (Å²) in [4.78, 5) is 19.7. The average molecular weight is 310 g/mol. The Morgan fingerprint density at radius 2 is 2.22 bits per heavy atom. The number of hydrogen-bond acceptors (Lipinski definition) is 3. The van der Waals surface area contributed by atoms with E-state index in [-0.39, 0.29) is 17.9 Å². The zero-order valence-electron chi connectivity index (χ0n) is 13.4. The molecule has 1 fully saturated rings. The number of piperazine rings is 1. The van der Waals surface area contributed by atoms with Gasteiger partial charge in [0.1, 0.15) is 11.9 Å². The molecule has 4 rings (SSSR count). The molecule has 1 aliphatic carbocycles.